The quantitative estimate of drug-likeness (QED) is 0.173. The molecule has 15 heteroatoms. The van der Waals surface area contributed by atoms with Gasteiger partial charge in [0.2, 0.25) is 0 Å². The van der Waals surface area contributed by atoms with E-state index in [1.54, 1.807) is 24.3 Å². The Morgan fingerprint density at radius 3 is 1.53 bits per heavy atom. The third-order valence-corrected chi connectivity index (χ3v) is 7.82. The van der Waals surface area contributed by atoms with Gasteiger partial charge in [-0.3, -0.25) is 19.6 Å². The second-order valence-electron chi connectivity index (χ2n) is 11.3. The van der Waals surface area contributed by atoms with Crippen molar-refractivity contribution in [3.63, 3.8) is 0 Å². The van der Waals surface area contributed by atoms with Gasteiger partial charge >= 0.3 is 12.4 Å². The van der Waals surface area contributed by atoms with Gasteiger partial charge in [-0.05, 0) is 78.5 Å². The summed E-state index contributed by atoms with van der Waals surface area (Å²) in [5.41, 5.74) is 1.37. The second kappa shape index (κ2) is 15.6. The van der Waals surface area contributed by atoms with Crippen molar-refractivity contribution in [1.29, 1.82) is 0 Å². The van der Waals surface area contributed by atoms with Gasteiger partial charge in [-0.15, -0.1) is 0 Å². The fourth-order valence-corrected chi connectivity index (χ4v) is 5.12. The number of anilines is 2. The highest BCUT2D eigenvalue weighted by Crippen LogP contribution is 2.30. The molecule has 49 heavy (non-hydrogen) atoms. The minimum atomic E-state index is -4.48. The number of ether oxygens (including phenoxy) is 1. The summed E-state index contributed by atoms with van der Waals surface area (Å²) in [6, 6.07) is 18.4. The summed E-state index contributed by atoms with van der Waals surface area (Å²) in [7, 11) is 0. The standard InChI is InChI=1S/C17H16F3N3O2.C17H16F3N3O/c18-17(19,20)12-3-6-14(22-9-12)16(24)23-13-4-1-11(2-5-13)15-10-21-7-8-25-15;18-17(19,20)13-3-6-15(22-10-13)16(24)23-14-4-1-11(2-5-14)12-7-8-21-9-12/h1-6,9,15,21H,7-8,10H2,(H,23,24);1-6,10,12,21H,7-9H2,(H,23,24). The molecule has 4 aromatic rings. The fourth-order valence-electron chi connectivity index (χ4n) is 5.12. The molecular weight excluding hydrogens is 654 g/mol. The first-order valence-electron chi connectivity index (χ1n) is 15.3. The van der Waals surface area contributed by atoms with Crippen molar-refractivity contribution in [1.82, 2.24) is 20.6 Å². The minimum absolute atomic E-state index is 0.0323. The van der Waals surface area contributed by atoms with E-state index in [9.17, 15) is 35.9 Å². The molecule has 2 aliphatic heterocycles. The first-order chi connectivity index (χ1) is 23.4. The number of aromatic nitrogens is 2. The van der Waals surface area contributed by atoms with Crippen molar-refractivity contribution < 1.29 is 40.7 Å². The molecule has 2 aromatic heterocycles. The molecule has 2 atom stereocenters. The number of hydrogen-bond acceptors (Lipinski definition) is 7. The van der Waals surface area contributed by atoms with Crippen LogP contribution in [0.1, 0.15) is 61.7 Å². The summed E-state index contributed by atoms with van der Waals surface area (Å²) < 4.78 is 80.6. The summed E-state index contributed by atoms with van der Waals surface area (Å²) in [6.45, 7) is 4.14. The maximum Gasteiger partial charge on any atom is 0.417 e. The normalized spacial score (nSPS) is 17.8. The zero-order valence-corrected chi connectivity index (χ0v) is 25.9. The third kappa shape index (κ3) is 9.84. The second-order valence-corrected chi connectivity index (χ2v) is 11.3. The first kappa shape index (κ1) is 35.4. The average Bonchev–Trinajstić information content (AvgIpc) is 3.64. The van der Waals surface area contributed by atoms with E-state index < -0.39 is 35.3 Å². The Kier molecular flexibility index (Phi) is 11.3. The highest BCUT2D eigenvalue weighted by molar-refractivity contribution is 6.03. The molecule has 2 fully saturated rings. The van der Waals surface area contributed by atoms with Crippen molar-refractivity contribution in [2.75, 3.05) is 43.4 Å². The van der Waals surface area contributed by atoms with E-state index in [4.69, 9.17) is 4.74 Å². The van der Waals surface area contributed by atoms with Crippen LogP contribution in [0.5, 0.6) is 0 Å². The number of nitrogens with one attached hydrogen (secondary N) is 4. The summed E-state index contributed by atoms with van der Waals surface area (Å²) in [5.74, 6) is -0.637. The number of carbonyl (C=O) groups is 2. The van der Waals surface area contributed by atoms with E-state index in [-0.39, 0.29) is 17.5 Å². The van der Waals surface area contributed by atoms with Crippen molar-refractivity contribution in [3.8, 4) is 0 Å². The Hall–Kier alpha value is -4.86. The van der Waals surface area contributed by atoms with Crippen molar-refractivity contribution >= 4 is 23.2 Å². The molecule has 0 spiro atoms. The molecule has 2 saturated heterocycles. The number of amides is 2. The van der Waals surface area contributed by atoms with Gasteiger partial charge in [-0.1, -0.05) is 24.3 Å². The molecule has 0 aliphatic carbocycles. The molecule has 0 bridgehead atoms. The van der Waals surface area contributed by atoms with E-state index in [0.29, 0.717) is 36.3 Å². The fraction of sp³-hybridized carbons (Fsp3) is 0.294. The maximum atomic E-state index is 12.5. The van der Waals surface area contributed by atoms with Gasteiger partial charge in [0.1, 0.15) is 11.4 Å². The first-order valence-corrected chi connectivity index (χ1v) is 15.3. The van der Waals surface area contributed by atoms with E-state index >= 15 is 0 Å². The summed E-state index contributed by atoms with van der Waals surface area (Å²) in [4.78, 5) is 31.3. The van der Waals surface area contributed by atoms with Gasteiger partial charge in [-0.2, -0.15) is 26.3 Å². The molecule has 2 amide bonds. The lowest BCUT2D eigenvalue weighted by Gasteiger charge is -2.24. The lowest BCUT2D eigenvalue weighted by Crippen LogP contribution is -2.33. The van der Waals surface area contributed by atoms with Crippen molar-refractivity contribution in [3.05, 3.63) is 119 Å². The van der Waals surface area contributed by atoms with Crippen molar-refractivity contribution in [2.45, 2.75) is 30.8 Å². The predicted octanol–water partition coefficient (Wildman–Crippen LogP) is 6.44. The third-order valence-electron chi connectivity index (χ3n) is 7.82. The Labute approximate surface area is 277 Å². The molecule has 0 saturated carbocycles. The number of nitrogens with zero attached hydrogens (tertiary/aromatic N) is 2. The number of pyridine rings is 2. The van der Waals surface area contributed by atoms with Crippen LogP contribution in [0, 0.1) is 0 Å². The molecule has 4 heterocycles. The number of hydrogen-bond donors (Lipinski definition) is 4. The van der Waals surface area contributed by atoms with E-state index in [1.165, 1.54) is 5.56 Å². The molecular formula is C34H32F6N6O3. The molecule has 6 rings (SSSR count). The average molecular weight is 687 g/mol. The van der Waals surface area contributed by atoms with E-state index in [2.05, 4.69) is 31.2 Å². The SMILES string of the molecule is O=C(Nc1ccc(C2CCNC2)cc1)c1ccc(C(F)(F)F)cn1.O=C(Nc1ccc(C2CNCCO2)cc1)c1ccc(C(F)(F)F)cn1. The number of carbonyl (C=O) groups excluding carboxylic acids is 2. The molecule has 2 aliphatic rings. The molecule has 258 valence electrons. The number of benzene rings is 2. The molecule has 2 aromatic carbocycles. The Bertz CT molecular complexity index is 1690. The van der Waals surface area contributed by atoms with Crippen molar-refractivity contribution in [2.24, 2.45) is 0 Å². The van der Waals surface area contributed by atoms with Crippen LogP contribution in [0.3, 0.4) is 0 Å². The van der Waals surface area contributed by atoms with Crippen LogP contribution in [0.15, 0.2) is 85.2 Å². The largest absolute Gasteiger partial charge is 0.417 e. The van der Waals surface area contributed by atoms with Crippen LogP contribution in [-0.4, -0.2) is 54.6 Å². The maximum absolute atomic E-state index is 12.5. The Morgan fingerprint density at radius 1 is 0.653 bits per heavy atom. The molecule has 9 nitrogen and oxygen atoms in total. The Morgan fingerprint density at radius 2 is 1.14 bits per heavy atom. The van der Waals surface area contributed by atoms with Crippen LogP contribution in [0.4, 0.5) is 37.7 Å². The van der Waals surface area contributed by atoms with Gasteiger partial charge in [-0.25, -0.2) is 0 Å². The van der Waals surface area contributed by atoms with E-state index in [0.717, 1.165) is 62.4 Å². The molecule has 0 radical (unpaired) electrons. The van der Waals surface area contributed by atoms with Crippen LogP contribution < -0.4 is 21.3 Å². The lowest BCUT2D eigenvalue weighted by atomic mass is 9.98. The number of alkyl halides is 6. The smallest absolute Gasteiger partial charge is 0.371 e. The summed E-state index contributed by atoms with van der Waals surface area (Å²) >= 11 is 0. The van der Waals surface area contributed by atoms with E-state index in [1.807, 2.05) is 24.3 Å². The lowest BCUT2D eigenvalue weighted by molar-refractivity contribution is -0.138. The Balaban J connectivity index is 0.000000191. The minimum Gasteiger partial charge on any atom is -0.371 e. The monoisotopic (exact) mass is 686 g/mol. The zero-order valence-electron chi connectivity index (χ0n) is 25.9. The predicted molar refractivity (Wildman–Crippen MR) is 169 cm³/mol. The van der Waals surface area contributed by atoms with Gasteiger partial charge in [0.05, 0.1) is 23.8 Å². The van der Waals surface area contributed by atoms with Crippen LogP contribution in [0.2, 0.25) is 0 Å². The summed E-state index contributed by atoms with van der Waals surface area (Å²) in [5, 5.41) is 11.8. The van der Waals surface area contributed by atoms with Crippen LogP contribution in [0.25, 0.3) is 0 Å². The van der Waals surface area contributed by atoms with Gasteiger partial charge in [0.25, 0.3) is 11.8 Å². The summed E-state index contributed by atoms with van der Waals surface area (Å²) in [6.07, 6.45) is -6.59. The highest BCUT2D eigenvalue weighted by atomic mass is 19.4. The number of halogens is 6. The molecule has 2 unspecified atom stereocenters. The van der Waals surface area contributed by atoms with Gasteiger partial charge in [0.15, 0.2) is 0 Å². The van der Waals surface area contributed by atoms with Gasteiger partial charge < -0.3 is 26.0 Å². The van der Waals surface area contributed by atoms with Crippen LogP contribution in [-0.2, 0) is 17.1 Å². The number of rotatable bonds is 6. The highest BCUT2D eigenvalue weighted by Gasteiger charge is 2.32. The number of morpholine rings is 1. The molecule has 4 N–H and O–H groups in total. The van der Waals surface area contributed by atoms with Crippen LogP contribution >= 0.6 is 0 Å². The zero-order chi connectivity index (χ0) is 35.0. The van der Waals surface area contributed by atoms with Gasteiger partial charge in [0, 0.05) is 43.4 Å². The topological polar surface area (TPSA) is 117 Å².